The minimum atomic E-state index is -1.23. The Kier molecular flexibility index (Phi) is 6.84. The summed E-state index contributed by atoms with van der Waals surface area (Å²) in [5.41, 5.74) is 0. The van der Waals surface area contributed by atoms with Crippen LogP contribution < -0.4 is 0 Å². The lowest BCUT2D eigenvalue weighted by molar-refractivity contribution is -0.167. The molecule has 0 saturated heterocycles. The summed E-state index contributed by atoms with van der Waals surface area (Å²) in [5, 5.41) is 0. The van der Waals surface area contributed by atoms with Gasteiger partial charge < -0.3 is 9.47 Å². The fraction of sp³-hybridized carbons (Fsp3) is 0.833. The van der Waals surface area contributed by atoms with Crippen LogP contribution in [0.5, 0.6) is 0 Å². The molecule has 0 fully saturated rings. The van der Waals surface area contributed by atoms with Gasteiger partial charge in [0, 0.05) is 16.1 Å². The van der Waals surface area contributed by atoms with E-state index in [1.165, 1.54) is 0 Å². The first-order valence-electron chi connectivity index (χ1n) is 6.35. The Morgan fingerprint density at radius 1 is 0.722 bits per heavy atom. The number of rotatable bonds is 6. The summed E-state index contributed by atoms with van der Waals surface area (Å²) >= 11 is 0. The maximum atomic E-state index is 11.3. The minimum Gasteiger partial charge on any atom is -0.458 e. The molecule has 0 unspecified atom stereocenters. The van der Waals surface area contributed by atoms with Gasteiger partial charge in [-0.25, -0.2) is 9.59 Å². The van der Waals surface area contributed by atoms with Crippen LogP contribution in [0.2, 0.25) is 51.4 Å². The lowest BCUT2D eigenvalue weighted by atomic mass is 10.6. The van der Waals surface area contributed by atoms with Crippen LogP contribution >= 0.6 is 0 Å². The number of esters is 2. The van der Waals surface area contributed by atoms with Crippen molar-refractivity contribution in [1.82, 2.24) is 0 Å². The normalized spacial score (nSPS) is 12.1. The molecule has 0 radical (unpaired) electrons. The third-order valence-electron chi connectivity index (χ3n) is 2.34. The third kappa shape index (κ3) is 10.5. The Hall–Kier alpha value is -0.626. The van der Waals surface area contributed by atoms with Gasteiger partial charge in [-0.2, -0.15) is 0 Å². The average molecular weight is 291 g/mol. The molecule has 0 atom stereocenters. The average Bonchev–Trinajstić information content (AvgIpc) is 2.13. The van der Waals surface area contributed by atoms with E-state index in [9.17, 15) is 9.59 Å². The van der Waals surface area contributed by atoms with Crippen molar-refractivity contribution in [2.75, 3.05) is 13.2 Å². The van der Waals surface area contributed by atoms with E-state index in [1.54, 1.807) is 0 Å². The van der Waals surface area contributed by atoms with E-state index in [2.05, 4.69) is 39.3 Å². The fourth-order valence-corrected chi connectivity index (χ4v) is 2.45. The molecule has 0 aromatic rings. The van der Waals surface area contributed by atoms with Gasteiger partial charge in [-0.1, -0.05) is 39.3 Å². The van der Waals surface area contributed by atoms with Crippen molar-refractivity contribution in [3.63, 3.8) is 0 Å². The first-order valence-corrected chi connectivity index (χ1v) is 13.8. The molecule has 0 heterocycles. The van der Waals surface area contributed by atoms with E-state index < -0.39 is 28.1 Å². The summed E-state index contributed by atoms with van der Waals surface area (Å²) in [5.74, 6) is -1.72. The molecular formula is C12H26O4Si2. The highest BCUT2D eigenvalue weighted by Crippen LogP contribution is 2.09. The molecule has 0 N–H and O–H groups in total. The van der Waals surface area contributed by atoms with Crippen LogP contribution in [0, 0.1) is 0 Å². The first-order chi connectivity index (χ1) is 8.01. The molecule has 0 rings (SSSR count). The van der Waals surface area contributed by atoms with Crippen molar-refractivity contribution in [2.24, 2.45) is 0 Å². The smallest absolute Gasteiger partial charge is 0.417 e. The van der Waals surface area contributed by atoms with Gasteiger partial charge in [0.2, 0.25) is 0 Å². The Morgan fingerprint density at radius 2 is 1.00 bits per heavy atom. The zero-order valence-electron chi connectivity index (χ0n) is 12.5. The number of hydrogen-bond acceptors (Lipinski definition) is 4. The monoisotopic (exact) mass is 290 g/mol. The van der Waals surface area contributed by atoms with Crippen LogP contribution in [-0.2, 0) is 19.1 Å². The Morgan fingerprint density at radius 3 is 1.22 bits per heavy atom. The summed E-state index contributed by atoms with van der Waals surface area (Å²) in [4.78, 5) is 22.6. The first kappa shape index (κ1) is 17.4. The zero-order chi connectivity index (χ0) is 14.4. The minimum absolute atomic E-state index is 0.317. The molecule has 0 bridgehead atoms. The van der Waals surface area contributed by atoms with Crippen LogP contribution in [0.3, 0.4) is 0 Å². The molecule has 4 nitrogen and oxygen atoms in total. The predicted molar refractivity (Wildman–Crippen MR) is 78.2 cm³/mol. The van der Waals surface area contributed by atoms with Gasteiger partial charge in [-0.15, -0.1) is 0 Å². The third-order valence-corrected chi connectivity index (χ3v) is 5.75. The van der Waals surface area contributed by atoms with Crippen molar-refractivity contribution < 1.29 is 19.1 Å². The number of ether oxygens (including phenoxy) is 2. The largest absolute Gasteiger partial charge is 0.458 e. The Balaban J connectivity index is 3.81. The van der Waals surface area contributed by atoms with Crippen molar-refractivity contribution in [3.05, 3.63) is 0 Å². The quantitative estimate of drug-likeness (QED) is 0.429. The van der Waals surface area contributed by atoms with Crippen molar-refractivity contribution in [2.45, 2.75) is 51.4 Å². The molecule has 6 heteroatoms. The highest BCUT2D eigenvalue weighted by Gasteiger charge is 2.21. The molecule has 106 valence electrons. The zero-order valence-corrected chi connectivity index (χ0v) is 14.5. The lowest BCUT2D eigenvalue weighted by Crippen LogP contribution is -2.28. The van der Waals surface area contributed by atoms with E-state index in [-0.39, 0.29) is 0 Å². The number of carbonyl (C=O) groups is 2. The van der Waals surface area contributed by atoms with Gasteiger partial charge in [0.05, 0.1) is 13.2 Å². The van der Waals surface area contributed by atoms with Crippen LogP contribution in [0.1, 0.15) is 0 Å². The van der Waals surface area contributed by atoms with Gasteiger partial charge in [0.1, 0.15) is 0 Å². The van der Waals surface area contributed by atoms with Gasteiger partial charge >= 0.3 is 11.9 Å². The second kappa shape index (κ2) is 7.08. The number of hydrogen-bond donors (Lipinski definition) is 0. The van der Waals surface area contributed by atoms with Crippen LogP contribution in [0.15, 0.2) is 0 Å². The van der Waals surface area contributed by atoms with Gasteiger partial charge in [-0.3, -0.25) is 0 Å². The topological polar surface area (TPSA) is 52.6 Å². The second-order valence-corrected chi connectivity index (χ2v) is 18.1. The molecule has 0 aliphatic rings. The number of carbonyl (C=O) groups excluding carboxylic acids is 2. The SMILES string of the molecule is C[Si](C)(C)CCOC(=O)C(=O)OCC[Si](C)(C)C. The molecular weight excluding hydrogens is 264 g/mol. The van der Waals surface area contributed by atoms with Crippen LogP contribution in [0.4, 0.5) is 0 Å². The Bertz CT molecular complexity index is 259. The summed E-state index contributed by atoms with van der Waals surface area (Å²) in [6, 6.07) is 1.72. The van der Waals surface area contributed by atoms with Crippen molar-refractivity contribution in [3.8, 4) is 0 Å². The molecule has 18 heavy (non-hydrogen) atoms. The molecule has 0 amide bonds. The van der Waals surface area contributed by atoms with E-state index in [0.717, 1.165) is 12.1 Å². The molecule has 0 spiro atoms. The summed E-state index contributed by atoms with van der Waals surface area (Å²) < 4.78 is 9.79. The summed E-state index contributed by atoms with van der Waals surface area (Å²) in [6.07, 6.45) is 0. The van der Waals surface area contributed by atoms with Crippen molar-refractivity contribution in [1.29, 1.82) is 0 Å². The molecule has 0 aromatic carbocycles. The standard InChI is InChI=1S/C12H26O4Si2/c1-17(2,3)9-7-15-11(13)12(14)16-8-10-18(4,5)6/h7-10H2,1-6H3. The summed E-state index contributed by atoms with van der Waals surface area (Å²) in [6.45, 7) is 13.8. The van der Waals surface area contributed by atoms with E-state index >= 15 is 0 Å². The lowest BCUT2D eigenvalue weighted by Gasteiger charge is -2.16. The highest BCUT2D eigenvalue weighted by atomic mass is 28.3. The van der Waals surface area contributed by atoms with Gasteiger partial charge in [-0.05, 0) is 12.1 Å². The molecule has 0 aliphatic carbocycles. The van der Waals surface area contributed by atoms with Crippen LogP contribution in [0.25, 0.3) is 0 Å². The maximum Gasteiger partial charge on any atom is 0.417 e. The summed E-state index contributed by atoms with van der Waals surface area (Å²) in [7, 11) is -2.47. The molecule has 0 saturated carbocycles. The van der Waals surface area contributed by atoms with Gasteiger partial charge in [0.15, 0.2) is 0 Å². The van der Waals surface area contributed by atoms with Crippen molar-refractivity contribution >= 4 is 28.1 Å². The van der Waals surface area contributed by atoms with Gasteiger partial charge in [0.25, 0.3) is 0 Å². The van der Waals surface area contributed by atoms with E-state index in [4.69, 9.17) is 9.47 Å². The molecule has 0 aromatic heterocycles. The molecule has 0 aliphatic heterocycles. The van der Waals surface area contributed by atoms with E-state index in [0.29, 0.717) is 13.2 Å². The van der Waals surface area contributed by atoms with Crippen LogP contribution in [-0.4, -0.2) is 41.3 Å². The fourth-order valence-electron chi connectivity index (χ4n) is 1.02. The second-order valence-electron chi connectivity index (χ2n) is 6.89. The Labute approximate surface area is 112 Å². The predicted octanol–water partition coefficient (Wildman–Crippen LogP) is 2.75. The maximum absolute atomic E-state index is 11.3. The van der Waals surface area contributed by atoms with E-state index in [1.807, 2.05) is 0 Å². The highest BCUT2D eigenvalue weighted by molar-refractivity contribution is 6.76.